The smallest absolute Gasteiger partial charge is 0.231 e. The number of nitrogens with two attached hydrogens (primary N) is 1. The van der Waals surface area contributed by atoms with Gasteiger partial charge < -0.3 is 15.2 Å². The minimum absolute atomic E-state index is 0.0954. The summed E-state index contributed by atoms with van der Waals surface area (Å²) in [5.41, 5.74) is 7.93. The van der Waals surface area contributed by atoms with Crippen LogP contribution in [0, 0.1) is 0 Å². The molecule has 2 rings (SSSR count). The van der Waals surface area contributed by atoms with Crippen molar-refractivity contribution >= 4 is 11.6 Å². The first-order valence-electron chi connectivity index (χ1n) is 5.01. The Bertz CT molecular complexity index is 391. The molecule has 2 N–H and O–H groups in total. The predicted octanol–water partition coefficient (Wildman–Crippen LogP) is 2.65. The number of halogens is 1. The first kappa shape index (κ1) is 10.6. The molecule has 0 bridgehead atoms. The second kappa shape index (κ2) is 3.91. The van der Waals surface area contributed by atoms with Crippen molar-refractivity contribution in [3.63, 3.8) is 0 Å². The predicted molar refractivity (Wildman–Crippen MR) is 59.6 cm³/mol. The van der Waals surface area contributed by atoms with Crippen LogP contribution in [0.4, 0.5) is 0 Å². The summed E-state index contributed by atoms with van der Waals surface area (Å²) >= 11 is 6.17. The molecule has 0 aliphatic carbocycles. The largest absolute Gasteiger partial charge is 0.454 e. The van der Waals surface area contributed by atoms with Crippen molar-refractivity contribution in [3.05, 3.63) is 22.2 Å². The van der Waals surface area contributed by atoms with E-state index in [4.69, 9.17) is 26.8 Å². The number of rotatable bonds is 2. The van der Waals surface area contributed by atoms with E-state index in [1.54, 1.807) is 6.07 Å². The third kappa shape index (κ3) is 1.66. The van der Waals surface area contributed by atoms with Crippen LogP contribution in [0.1, 0.15) is 31.0 Å². The van der Waals surface area contributed by atoms with Gasteiger partial charge in [-0.25, -0.2) is 0 Å². The summed E-state index contributed by atoms with van der Waals surface area (Å²) in [7, 11) is 0. The van der Waals surface area contributed by atoms with Gasteiger partial charge in [0, 0.05) is 22.7 Å². The molecule has 1 heterocycles. The summed E-state index contributed by atoms with van der Waals surface area (Å²) in [5.74, 6) is 1.52. The Balaban J connectivity index is 2.64. The Morgan fingerprint density at radius 1 is 1.53 bits per heavy atom. The molecule has 1 aromatic rings. The van der Waals surface area contributed by atoms with Crippen molar-refractivity contribution in [2.45, 2.75) is 26.3 Å². The summed E-state index contributed by atoms with van der Waals surface area (Å²) in [6, 6.07) is 1.68. The first-order valence-corrected chi connectivity index (χ1v) is 5.39. The van der Waals surface area contributed by atoms with Gasteiger partial charge in [-0.1, -0.05) is 18.5 Å². The van der Waals surface area contributed by atoms with Gasteiger partial charge in [0.25, 0.3) is 0 Å². The van der Waals surface area contributed by atoms with E-state index in [9.17, 15) is 0 Å². The van der Waals surface area contributed by atoms with Crippen molar-refractivity contribution < 1.29 is 9.47 Å². The molecule has 82 valence electrons. The molecule has 0 radical (unpaired) electrons. The topological polar surface area (TPSA) is 44.5 Å². The lowest BCUT2D eigenvalue weighted by molar-refractivity contribution is 0.173. The molecular formula is C11H14ClNO2. The Morgan fingerprint density at radius 3 is 2.87 bits per heavy atom. The third-order valence-electron chi connectivity index (χ3n) is 2.56. The molecule has 0 amide bonds. The minimum atomic E-state index is -0.0954. The second-order valence-corrected chi connectivity index (χ2v) is 4.03. The molecule has 1 aromatic carbocycles. The van der Waals surface area contributed by atoms with Crippen LogP contribution >= 0.6 is 11.6 Å². The van der Waals surface area contributed by atoms with Gasteiger partial charge in [0.15, 0.2) is 11.5 Å². The average molecular weight is 228 g/mol. The molecule has 1 aliphatic heterocycles. The maximum atomic E-state index is 6.17. The van der Waals surface area contributed by atoms with Crippen LogP contribution in [0.25, 0.3) is 0 Å². The minimum Gasteiger partial charge on any atom is -0.454 e. The number of benzene rings is 1. The Morgan fingerprint density at radius 2 is 2.27 bits per heavy atom. The van der Waals surface area contributed by atoms with E-state index in [0.29, 0.717) is 5.02 Å². The fourth-order valence-electron chi connectivity index (χ4n) is 1.93. The summed E-state index contributed by atoms with van der Waals surface area (Å²) in [5, 5.41) is 0.658. The highest BCUT2D eigenvalue weighted by molar-refractivity contribution is 6.31. The van der Waals surface area contributed by atoms with E-state index in [2.05, 4.69) is 6.92 Å². The summed E-state index contributed by atoms with van der Waals surface area (Å²) in [6.07, 6.45) is 0.836. The van der Waals surface area contributed by atoms with Crippen molar-refractivity contribution in [2.75, 3.05) is 6.79 Å². The Hall–Kier alpha value is -0.930. The molecule has 0 saturated heterocycles. The standard InChI is InChI=1S/C11H14ClNO2/c1-3-7-10(6(2)13)8(12)4-9-11(7)15-5-14-9/h4,6H,3,5,13H2,1-2H3. The highest BCUT2D eigenvalue weighted by Gasteiger charge is 2.23. The van der Waals surface area contributed by atoms with E-state index >= 15 is 0 Å². The van der Waals surface area contributed by atoms with Crippen LogP contribution in [-0.4, -0.2) is 6.79 Å². The average Bonchev–Trinajstić information content (AvgIpc) is 2.62. The lowest BCUT2D eigenvalue weighted by Gasteiger charge is -2.15. The van der Waals surface area contributed by atoms with Gasteiger partial charge in [0.2, 0.25) is 6.79 Å². The molecule has 0 saturated carbocycles. The molecule has 1 unspecified atom stereocenters. The zero-order valence-electron chi connectivity index (χ0n) is 8.84. The molecule has 3 nitrogen and oxygen atoms in total. The van der Waals surface area contributed by atoms with Gasteiger partial charge in [0.05, 0.1) is 0 Å². The van der Waals surface area contributed by atoms with E-state index in [0.717, 1.165) is 29.0 Å². The van der Waals surface area contributed by atoms with Crippen LogP contribution in [0.5, 0.6) is 11.5 Å². The number of hydrogen-bond acceptors (Lipinski definition) is 3. The Labute approximate surface area is 94.1 Å². The van der Waals surface area contributed by atoms with Crippen LogP contribution in [0.3, 0.4) is 0 Å². The van der Waals surface area contributed by atoms with Crippen LogP contribution in [0.2, 0.25) is 5.02 Å². The van der Waals surface area contributed by atoms with Crippen molar-refractivity contribution in [3.8, 4) is 11.5 Å². The monoisotopic (exact) mass is 227 g/mol. The van der Waals surface area contributed by atoms with Gasteiger partial charge in [-0.15, -0.1) is 0 Å². The lowest BCUT2D eigenvalue weighted by atomic mass is 9.98. The second-order valence-electron chi connectivity index (χ2n) is 3.63. The lowest BCUT2D eigenvalue weighted by Crippen LogP contribution is -2.09. The molecule has 0 fully saturated rings. The molecule has 1 atom stereocenters. The zero-order chi connectivity index (χ0) is 11.0. The SMILES string of the molecule is CCc1c2c(cc(Cl)c1C(C)N)OCO2. The summed E-state index contributed by atoms with van der Waals surface area (Å²) in [4.78, 5) is 0. The van der Waals surface area contributed by atoms with Crippen molar-refractivity contribution in [1.82, 2.24) is 0 Å². The van der Waals surface area contributed by atoms with Crippen LogP contribution in [-0.2, 0) is 6.42 Å². The highest BCUT2D eigenvalue weighted by atomic mass is 35.5. The molecule has 0 spiro atoms. The zero-order valence-corrected chi connectivity index (χ0v) is 9.60. The fourth-order valence-corrected chi connectivity index (χ4v) is 2.32. The molecular weight excluding hydrogens is 214 g/mol. The van der Waals surface area contributed by atoms with Crippen molar-refractivity contribution in [2.24, 2.45) is 5.73 Å². The fraction of sp³-hybridized carbons (Fsp3) is 0.455. The van der Waals surface area contributed by atoms with Gasteiger partial charge in [-0.2, -0.15) is 0 Å². The van der Waals surface area contributed by atoms with E-state index < -0.39 is 0 Å². The molecule has 0 aromatic heterocycles. The van der Waals surface area contributed by atoms with Gasteiger partial charge in [-0.3, -0.25) is 0 Å². The van der Waals surface area contributed by atoms with E-state index in [-0.39, 0.29) is 12.8 Å². The van der Waals surface area contributed by atoms with Crippen LogP contribution in [0.15, 0.2) is 6.07 Å². The third-order valence-corrected chi connectivity index (χ3v) is 2.88. The first-order chi connectivity index (χ1) is 7.15. The van der Waals surface area contributed by atoms with Crippen molar-refractivity contribution in [1.29, 1.82) is 0 Å². The molecule has 1 aliphatic rings. The van der Waals surface area contributed by atoms with Gasteiger partial charge in [0.1, 0.15) is 0 Å². The normalized spacial score (nSPS) is 15.5. The van der Waals surface area contributed by atoms with Crippen LogP contribution < -0.4 is 15.2 Å². The maximum absolute atomic E-state index is 6.17. The highest BCUT2D eigenvalue weighted by Crippen LogP contribution is 2.43. The summed E-state index contributed by atoms with van der Waals surface area (Å²) in [6.45, 7) is 4.24. The van der Waals surface area contributed by atoms with Gasteiger partial charge >= 0.3 is 0 Å². The number of hydrogen-bond donors (Lipinski definition) is 1. The summed E-state index contributed by atoms with van der Waals surface area (Å²) < 4.78 is 10.7. The van der Waals surface area contributed by atoms with E-state index in [1.807, 2.05) is 6.92 Å². The Kier molecular flexibility index (Phi) is 2.76. The number of ether oxygens (including phenoxy) is 2. The quantitative estimate of drug-likeness (QED) is 0.845. The molecule has 4 heteroatoms. The molecule has 15 heavy (non-hydrogen) atoms. The maximum Gasteiger partial charge on any atom is 0.231 e. The van der Waals surface area contributed by atoms with E-state index in [1.165, 1.54) is 0 Å². The number of fused-ring (bicyclic) bond motifs is 1. The van der Waals surface area contributed by atoms with Gasteiger partial charge in [-0.05, 0) is 18.9 Å².